The van der Waals surface area contributed by atoms with Gasteiger partial charge in [0, 0.05) is 16.3 Å². The predicted octanol–water partition coefficient (Wildman–Crippen LogP) is 2.62. The van der Waals surface area contributed by atoms with Crippen molar-refractivity contribution >= 4 is 31.9 Å². The fourth-order valence-corrected chi connectivity index (χ4v) is 4.04. The predicted molar refractivity (Wildman–Crippen MR) is 74.0 cm³/mol. The van der Waals surface area contributed by atoms with Crippen LogP contribution in [0.25, 0.3) is 0 Å². The van der Waals surface area contributed by atoms with Crippen molar-refractivity contribution in [2.75, 3.05) is 6.61 Å². The molecule has 17 heavy (non-hydrogen) atoms. The molecule has 0 amide bonds. The number of hydrogen-bond acceptors (Lipinski definition) is 3. The maximum atomic E-state index is 8.82. The normalized spacial score (nSPS) is 42.7. The van der Waals surface area contributed by atoms with E-state index in [-0.39, 0.29) is 18.8 Å². The maximum absolute atomic E-state index is 8.82. The van der Waals surface area contributed by atoms with Crippen molar-refractivity contribution < 1.29 is 14.6 Å². The fraction of sp³-hybridized carbons (Fsp3) is 1.00. The third kappa shape index (κ3) is 3.66. The largest absolute Gasteiger partial charge is 0.396 e. The molecule has 2 aliphatic rings. The van der Waals surface area contributed by atoms with E-state index in [1.54, 1.807) is 0 Å². The number of hydrogen-bond donors (Lipinski definition) is 1. The minimum absolute atomic E-state index is 0.218. The van der Waals surface area contributed by atoms with Gasteiger partial charge in [-0.25, -0.2) is 0 Å². The Morgan fingerprint density at radius 3 is 2.65 bits per heavy atom. The van der Waals surface area contributed by atoms with E-state index in [2.05, 4.69) is 38.8 Å². The molecule has 100 valence electrons. The van der Waals surface area contributed by atoms with Gasteiger partial charge in [0.1, 0.15) is 0 Å². The van der Waals surface area contributed by atoms with Gasteiger partial charge in [0.05, 0.1) is 24.4 Å². The summed E-state index contributed by atoms with van der Waals surface area (Å²) in [6.07, 6.45) is 5.05. The van der Waals surface area contributed by atoms with Crippen LogP contribution in [-0.2, 0) is 9.47 Å². The molecule has 0 aliphatic carbocycles. The topological polar surface area (TPSA) is 42.0 Å². The Bertz CT molecular complexity index is 252. The number of ether oxygens (including phenoxy) is 2. The Morgan fingerprint density at radius 2 is 2.06 bits per heavy atom. The van der Waals surface area contributed by atoms with Crippen molar-refractivity contribution in [2.45, 2.75) is 66.7 Å². The van der Waals surface area contributed by atoms with Gasteiger partial charge in [0.2, 0.25) is 0 Å². The minimum atomic E-state index is 0.218. The minimum Gasteiger partial charge on any atom is -0.396 e. The van der Waals surface area contributed by atoms with Gasteiger partial charge in [0.15, 0.2) is 0 Å². The summed E-state index contributed by atoms with van der Waals surface area (Å²) in [7, 11) is 0. The molecule has 3 nitrogen and oxygen atoms in total. The lowest BCUT2D eigenvalue weighted by Gasteiger charge is -2.17. The smallest absolute Gasteiger partial charge is 0.0864 e. The highest BCUT2D eigenvalue weighted by molar-refractivity contribution is 9.09. The van der Waals surface area contributed by atoms with Gasteiger partial charge in [-0.15, -0.1) is 0 Å². The zero-order chi connectivity index (χ0) is 12.4. The van der Waals surface area contributed by atoms with E-state index in [9.17, 15) is 0 Å². The Kier molecular flexibility index (Phi) is 5.31. The van der Waals surface area contributed by atoms with Gasteiger partial charge in [-0.2, -0.15) is 0 Å². The summed E-state index contributed by atoms with van der Waals surface area (Å²) < 4.78 is 11.5. The molecular formula is C12H20Br2O3. The zero-order valence-corrected chi connectivity index (χ0v) is 13.2. The molecular weight excluding hydrogens is 352 g/mol. The van der Waals surface area contributed by atoms with Crippen LogP contribution in [0.5, 0.6) is 0 Å². The molecule has 0 radical (unpaired) electrons. The monoisotopic (exact) mass is 370 g/mol. The van der Waals surface area contributed by atoms with Gasteiger partial charge in [0.25, 0.3) is 0 Å². The third-order valence-electron chi connectivity index (χ3n) is 3.58. The molecule has 2 saturated heterocycles. The van der Waals surface area contributed by atoms with E-state index < -0.39 is 0 Å². The molecule has 0 aromatic carbocycles. The molecule has 0 aromatic heterocycles. The van der Waals surface area contributed by atoms with E-state index in [1.807, 2.05) is 0 Å². The van der Waals surface area contributed by atoms with Gasteiger partial charge in [-0.05, 0) is 25.7 Å². The molecule has 2 rings (SSSR count). The number of rotatable bonds is 6. The second-order valence-electron chi connectivity index (χ2n) is 4.85. The zero-order valence-electron chi connectivity index (χ0n) is 10.0. The lowest BCUT2D eigenvalue weighted by Crippen LogP contribution is -2.23. The van der Waals surface area contributed by atoms with Crippen molar-refractivity contribution in [3.63, 3.8) is 0 Å². The molecule has 0 saturated carbocycles. The van der Waals surface area contributed by atoms with Crippen LogP contribution in [0, 0.1) is 0 Å². The van der Waals surface area contributed by atoms with Crippen LogP contribution >= 0.6 is 31.9 Å². The molecule has 2 heterocycles. The Balaban J connectivity index is 1.72. The second kappa shape index (κ2) is 6.33. The van der Waals surface area contributed by atoms with Crippen LogP contribution in [0.4, 0.5) is 0 Å². The highest BCUT2D eigenvalue weighted by atomic mass is 79.9. The lowest BCUT2D eigenvalue weighted by molar-refractivity contribution is 0.0426. The first kappa shape index (κ1) is 14.3. The van der Waals surface area contributed by atoms with Gasteiger partial charge >= 0.3 is 0 Å². The van der Waals surface area contributed by atoms with E-state index in [1.165, 1.54) is 0 Å². The standard InChI is InChI=1S/C12H20Br2O3/c1-2-9-7(13)5-11(16-9)8(14)6-12-10(17-12)3-4-15/h7-12,15H,2-6H2,1H3/t7?,8-,9?,10+,11-,12-/m0/s1. The number of halogens is 2. The number of epoxide rings is 1. The van der Waals surface area contributed by atoms with Crippen molar-refractivity contribution in [2.24, 2.45) is 0 Å². The van der Waals surface area contributed by atoms with E-state index in [0.717, 1.165) is 25.7 Å². The quantitative estimate of drug-likeness (QED) is 0.576. The molecule has 0 aromatic rings. The summed E-state index contributed by atoms with van der Waals surface area (Å²) in [4.78, 5) is 0.832. The molecule has 2 unspecified atom stereocenters. The maximum Gasteiger partial charge on any atom is 0.0864 e. The van der Waals surface area contributed by atoms with Crippen LogP contribution in [0.2, 0.25) is 0 Å². The van der Waals surface area contributed by atoms with Gasteiger partial charge in [-0.3, -0.25) is 0 Å². The molecule has 5 heteroatoms. The van der Waals surface area contributed by atoms with Crippen LogP contribution in [0.15, 0.2) is 0 Å². The SMILES string of the molecule is CCC1O[C@H]([C@@H](Br)C[C@@H]2O[C@@H]2CCO)CC1Br. The Morgan fingerprint density at radius 1 is 1.29 bits per heavy atom. The van der Waals surface area contributed by atoms with Crippen LogP contribution in [0.3, 0.4) is 0 Å². The summed E-state index contributed by atoms with van der Waals surface area (Å²) in [6, 6.07) is 0. The highest BCUT2D eigenvalue weighted by Crippen LogP contribution is 2.37. The van der Waals surface area contributed by atoms with E-state index in [4.69, 9.17) is 14.6 Å². The molecule has 2 aliphatic heterocycles. The van der Waals surface area contributed by atoms with Crippen LogP contribution < -0.4 is 0 Å². The molecule has 0 bridgehead atoms. The van der Waals surface area contributed by atoms with Gasteiger partial charge in [-0.1, -0.05) is 38.8 Å². The molecule has 6 atom stereocenters. The summed E-state index contributed by atoms with van der Waals surface area (Å²) in [5, 5.41) is 8.82. The first-order chi connectivity index (χ1) is 8.15. The summed E-state index contributed by atoms with van der Waals surface area (Å²) in [6.45, 7) is 2.38. The Hall–Kier alpha value is 0.840. The molecule has 0 spiro atoms. The first-order valence-corrected chi connectivity index (χ1v) is 8.18. The van der Waals surface area contributed by atoms with E-state index in [0.29, 0.717) is 21.9 Å². The second-order valence-corrected chi connectivity index (χ2v) is 7.20. The van der Waals surface area contributed by atoms with E-state index >= 15 is 0 Å². The van der Waals surface area contributed by atoms with Gasteiger partial charge < -0.3 is 14.6 Å². The summed E-state index contributed by atoms with van der Waals surface area (Å²) in [5.41, 5.74) is 0. The average molecular weight is 372 g/mol. The summed E-state index contributed by atoms with van der Waals surface area (Å²) >= 11 is 7.40. The third-order valence-corrected chi connectivity index (χ3v) is 5.50. The first-order valence-electron chi connectivity index (χ1n) is 6.35. The number of aliphatic hydroxyl groups excluding tert-OH is 1. The molecule has 1 N–H and O–H groups in total. The Labute approximate surface area is 119 Å². The lowest BCUT2D eigenvalue weighted by atomic mass is 10.1. The summed E-state index contributed by atoms with van der Waals surface area (Å²) in [5.74, 6) is 0. The average Bonchev–Trinajstić information content (AvgIpc) is 2.90. The fourth-order valence-electron chi connectivity index (χ4n) is 2.47. The van der Waals surface area contributed by atoms with Crippen LogP contribution in [0.1, 0.15) is 32.6 Å². The van der Waals surface area contributed by atoms with Crippen LogP contribution in [-0.4, -0.2) is 45.8 Å². The van der Waals surface area contributed by atoms with Crippen molar-refractivity contribution in [1.29, 1.82) is 0 Å². The van der Waals surface area contributed by atoms with Crippen molar-refractivity contribution in [1.82, 2.24) is 0 Å². The number of alkyl halides is 2. The number of aliphatic hydroxyl groups is 1. The molecule has 2 fully saturated rings. The van der Waals surface area contributed by atoms with Crippen molar-refractivity contribution in [3.8, 4) is 0 Å². The highest BCUT2D eigenvalue weighted by Gasteiger charge is 2.43. The van der Waals surface area contributed by atoms with Crippen molar-refractivity contribution in [3.05, 3.63) is 0 Å².